The molecule has 3 rings (SSSR count). The molecule has 0 atom stereocenters. The normalized spacial score (nSPS) is 15.7. The summed E-state index contributed by atoms with van der Waals surface area (Å²) in [7, 11) is 0. The second-order valence-electron chi connectivity index (χ2n) is 6.42. The molecule has 0 saturated carbocycles. The fourth-order valence-corrected chi connectivity index (χ4v) is 3.10. The standard InChI is InChI=1S/C21H18Cl2N2O4/c1-3-8-29-18-7-5-14(22)9-13(18)10-16-19(26)24-21(28)25(20(16)27)15-6-4-12(2)17(23)11-15/h4-7,9-11H,3,8H2,1-2H3,(H,24,26,28)/b16-10+. The minimum absolute atomic E-state index is 0.218. The van der Waals surface area contributed by atoms with Crippen LogP contribution < -0.4 is 15.0 Å². The van der Waals surface area contributed by atoms with Crippen LogP contribution in [0.25, 0.3) is 6.08 Å². The van der Waals surface area contributed by atoms with Gasteiger partial charge in [0, 0.05) is 15.6 Å². The molecule has 1 aliphatic heterocycles. The number of hydrogen-bond donors (Lipinski definition) is 1. The van der Waals surface area contributed by atoms with Crippen LogP contribution in [0.1, 0.15) is 24.5 Å². The summed E-state index contributed by atoms with van der Waals surface area (Å²) in [4.78, 5) is 38.6. The number of anilines is 1. The quantitative estimate of drug-likeness (QED) is 0.545. The zero-order chi connectivity index (χ0) is 21.1. The first-order chi connectivity index (χ1) is 13.8. The molecule has 1 saturated heterocycles. The van der Waals surface area contributed by atoms with Gasteiger partial charge in [0.25, 0.3) is 11.8 Å². The van der Waals surface area contributed by atoms with Gasteiger partial charge in [0.15, 0.2) is 0 Å². The summed E-state index contributed by atoms with van der Waals surface area (Å²) >= 11 is 12.2. The maximum Gasteiger partial charge on any atom is 0.335 e. The van der Waals surface area contributed by atoms with Gasteiger partial charge in [0.05, 0.1) is 12.3 Å². The number of hydrogen-bond acceptors (Lipinski definition) is 4. The van der Waals surface area contributed by atoms with Crippen molar-refractivity contribution in [3.63, 3.8) is 0 Å². The minimum atomic E-state index is -0.842. The van der Waals surface area contributed by atoms with Crippen molar-refractivity contribution in [2.75, 3.05) is 11.5 Å². The van der Waals surface area contributed by atoms with Gasteiger partial charge in [0.1, 0.15) is 11.3 Å². The molecule has 1 N–H and O–H groups in total. The molecule has 0 spiro atoms. The van der Waals surface area contributed by atoms with Crippen molar-refractivity contribution in [1.29, 1.82) is 0 Å². The van der Waals surface area contributed by atoms with Gasteiger partial charge in [-0.3, -0.25) is 14.9 Å². The molecule has 1 aliphatic rings. The first-order valence-corrected chi connectivity index (χ1v) is 9.67. The molecule has 0 radical (unpaired) electrons. The number of aryl methyl sites for hydroxylation is 1. The van der Waals surface area contributed by atoms with E-state index in [4.69, 9.17) is 27.9 Å². The van der Waals surface area contributed by atoms with Gasteiger partial charge in [-0.1, -0.05) is 36.2 Å². The Morgan fingerprint density at radius 3 is 2.55 bits per heavy atom. The highest BCUT2D eigenvalue weighted by atomic mass is 35.5. The summed E-state index contributed by atoms with van der Waals surface area (Å²) < 4.78 is 5.67. The van der Waals surface area contributed by atoms with Crippen LogP contribution in [0.3, 0.4) is 0 Å². The van der Waals surface area contributed by atoms with E-state index in [1.807, 2.05) is 6.92 Å². The molecule has 4 amide bonds. The van der Waals surface area contributed by atoms with Crippen LogP contribution in [-0.4, -0.2) is 24.5 Å². The Kier molecular flexibility index (Phi) is 6.25. The number of carbonyl (C=O) groups is 3. The van der Waals surface area contributed by atoms with E-state index in [0.29, 0.717) is 28.0 Å². The number of ether oxygens (including phenoxy) is 1. The van der Waals surface area contributed by atoms with Crippen LogP contribution in [0.2, 0.25) is 10.0 Å². The average Bonchev–Trinajstić information content (AvgIpc) is 2.67. The highest BCUT2D eigenvalue weighted by Crippen LogP contribution is 2.29. The Hall–Kier alpha value is -2.83. The lowest BCUT2D eigenvalue weighted by molar-refractivity contribution is -0.122. The van der Waals surface area contributed by atoms with Gasteiger partial charge >= 0.3 is 6.03 Å². The summed E-state index contributed by atoms with van der Waals surface area (Å²) in [5, 5.41) is 3.00. The van der Waals surface area contributed by atoms with Crippen LogP contribution in [0.4, 0.5) is 10.5 Å². The number of rotatable bonds is 5. The molecular weight excluding hydrogens is 415 g/mol. The number of imide groups is 2. The summed E-state index contributed by atoms with van der Waals surface area (Å²) in [5.41, 5.74) is 1.30. The Balaban J connectivity index is 2.04. The van der Waals surface area contributed by atoms with E-state index in [1.165, 1.54) is 12.1 Å². The maximum atomic E-state index is 13.0. The molecule has 2 aromatic rings. The van der Waals surface area contributed by atoms with Crippen molar-refractivity contribution in [3.05, 3.63) is 63.1 Å². The lowest BCUT2D eigenvalue weighted by Gasteiger charge is -2.26. The lowest BCUT2D eigenvalue weighted by Crippen LogP contribution is -2.54. The fraction of sp³-hybridized carbons (Fsp3) is 0.190. The molecule has 0 unspecified atom stereocenters. The number of amides is 4. The van der Waals surface area contributed by atoms with Crippen molar-refractivity contribution in [2.24, 2.45) is 0 Å². The van der Waals surface area contributed by atoms with Crippen molar-refractivity contribution in [3.8, 4) is 5.75 Å². The first kappa shape index (κ1) is 20.9. The minimum Gasteiger partial charge on any atom is -0.493 e. The summed E-state index contributed by atoms with van der Waals surface area (Å²) in [6.07, 6.45) is 2.15. The molecule has 150 valence electrons. The molecule has 1 heterocycles. The van der Waals surface area contributed by atoms with Crippen LogP contribution in [-0.2, 0) is 9.59 Å². The van der Waals surface area contributed by atoms with E-state index in [9.17, 15) is 14.4 Å². The van der Waals surface area contributed by atoms with Gasteiger partial charge in [-0.25, -0.2) is 9.69 Å². The van der Waals surface area contributed by atoms with E-state index in [0.717, 1.165) is 16.9 Å². The number of carbonyl (C=O) groups excluding carboxylic acids is 3. The Morgan fingerprint density at radius 1 is 1.10 bits per heavy atom. The van der Waals surface area contributed by atoms with Crippen LogP contribution >= 0.6 is 23.2 Å². The maximum absolute atomic E-state index is 13.0. The van der Waals surface area contributed by atoms with Crippen LogP contribution in [0.5, 0.6) is 5.75 Å². The van der Waals surface area contributed by atoms with Crippen LogP contribution in [0.15, 0.2) is 42.0 Å². The van der Waals surface area contributed by atoms with Crippen LogP contribution in [0, 0.1) is 6.92 Å². The monoisotopic (exact) mass is 432 g/mol. The average molecular weight is 433 g/mol. The highest BCUT2D eigenvalue weighted by molar-refractivity contribution is 6.39. The molecule has 29 heavy (non-hydrogen) atoms. The fourth-order valence-electron chi connectivity index (χ4n) is 2.74. The van der Waals surface area contributed by atoms with Gasteiger partial charge in [-0.2, -0.15) is 0 Å². The van der Waals surface area contributed by atoms with E-state index in [2.05, 4.69) is 5.32 Å². The number of halogens is 2. The Labute approximate surface area is 178 Å². The molecule has 0 aromatic heterocycles. The zero-order valence-corrected chi connectivity index (χ0v) is 17.3. The molecule has 1 fully saturated rings. The molecular formula is C21H18Cl2N2O4. The summed E-state index contributed by atoms with van der Waals surface area (Å²) in [5.74, 6) is -1.08. The number of barbiturate groups is 1. The van der Waals surface area contributed by atoms with Crippen molar-refractivity contribution in [1.82, 2.24) is 5.32 Å². The van der Waals surface area contributed by atoms with E-state index < -0.39 is 17.8 Å². The number of urea groups is 1. The number of nitrogens with zero attached hydrogens (tertiary/aromatic N) is 1. The second kappa shape index (κ2) is 8.68. The molecule has 8 heteroatoms. The number of nitrogens with one attached hydrogen (secondary N) is 1. The van der Waals surface area contributed by atoms with Crippen molar-refractivity contribution in [2.45, 2.75) is 20.3 Å². The van der Waals surface area contributed by atoms with Crippen molar-refractivity contribution >= 4 is 52.8 Å². The van der Waals surface area contributed by atoms with E-state index in [-0.39, 0.29) is 11.3 Å². The molecule has 6 nitrogen and oxygen atoms in total. The third kappa shape index (κ3) is 4.44. The Morgan fingerprint density at radius 2 is 1.86 bits per heavy atom. The van der Waals surface area contributed by atoms with E-state index in [1.54, 1.807) is 37.3 Å². The predicted molar refractivity (Wildman–Crippen MR) is 112 cm³/mol. The molecule has 0 aliphatic carbocycles. The van der Waals surface area contributed by atoms with E-state index >= 15 is 0 Å². The highest BCUT2D eigenvalue weighted by Gasteiger charge is 2.37. The smallest absolute Gasteiger partial charge is 0.335 e. The number of benzene rings is 2. The second-order valence-corrected chi connectivity index (χ2v) is 7.27. The lowest BCUT2D eigenvalue weighted by atomic mass is 10.1. The van der Waals surface area contributed by atoms with Gasteiger partial charge in [0.2, 0.25) is 0 Å². The van der Waals surface area contributed by atoms with Gasteiger partial charge in [-0.05, 0) is 55.3 Å². The summed E-state index contributed by atoms with van der Waals surface area (Å²) in [6, 6.07) is 8.83. The zero-order valence-electron chi connectivity index (χ0n) is 15.8. The first-order valence-electron chi connectivity index (χ1n) is 8.91. The third-order valence-electron chi connectivity index (χ3n) is 4.25. The van der Waals surface area contributed by atoms with Gasteiger partial charge < -0.3 is 4.74 Å². The summed E-state index contributed by atoms with van der Waals surface area (Å²) in [6.45, 7) is 4.23. The predicted octanol–water partition coefficient (Wildman–Crippen LogP) is 4.76. The topological polar surface area (TPSA) is 75.7 Å². The molecule has 2 aromatic carbocycles. The van der Waals surface area contributed by atoms with Crippen molar-refractivity contribution < 1.29 is 19.1 Å². The SMILES string of the molecule is CCCOc1ccc(Cl)cc1/C=C1\C(=O)NC(=O)N(c2ccc(C)c(Cl)c2)C1=O. The molecule has 0 bridgehead atoms. The third-order valence-corrected chi connectivity index (χ3v) is 4.89. The Bertz CT molecular complexity index is 1030. The largest absolute Gasteiger partial charge is 0.493 e. The van der Waals surface area contributed by atoms with Gasteiger partial charge in [-0.15, -0.1) is 0 Å².